The molecule has 6 atom stereocenters. The highest BCUT2D eigenvalue weighted by Crippen LogP contribution is 2.09. The Hall–Kier alpha value is -4.42. The molecule has 47 heavy (non-hydrogen) atoms. The van der Waals surface area contributed by atoms with Crippen LogP contribution >= 0.6 is 11.8 Å². The zero-order valence-corrected chi connectivity index (χ0v) is 28.3. The highest BCUT2D eigenvalue weighted by molar-refractivity contribution is 8.12. The molecule has 0 aromatic carbocycles. The number of carbonyl (C=O) groups is 9. The molecule has 0 saturated carbocycles. The fourth-order valence-corrected chi connectivity index (χ4v) is 4.18. The predicted octanol–water partition coefficient (Wildman–Crippen LogP) is -1.58. The number of carboxylic acid groups (broad SMARTS) is 2. The molecule has 0 aromatic heterocycles. The van der Waals surface area contributed by atoms with Crippen LogP contribution in [-0.2, 0) is 38.4 Å². The van der Waals surface area contributed by atoms with Gasteiger partial charge in [-0.05, 0) is 44.8 Å². The van der Waals surface area contributed by atoms with Gasteiger partial charge in [0.25, 0.3) is 5.24 Å². The Labute approximate surface area is 276 Å². The average molecular weight is 690 g/mol. The maximum absolute atomic E-state index is 13.1. The van der Waals surface area contributed by atoms with Gasteiger partial charge in [0.15, 0.2) is 0 Å². The normalized spacial score (nSPS) is 14.7. The Morgan fingerprint density at radius 2 is 0.936 bits per heavy atom. The van der Waals surface area contributed by atoms with E-state index < -0.39 is 114 Å². The van der Waals surface area contributed by atoms with Crippen LogP contribution in [0.2, 0.25) is 0 Å². The second kappa shape index (κ2) is 20.7. The number of aliphatic carboxylic acids is 2. The molecule has 0 rings (SSSR count). The topological polar surface area (TPSA) is 292 Å². The standard InChI is InChI=1S/C28H47N7O11S/c1-12(2)20(34-27(45)21(13(3)4)35-28(46)47-7)26(44)31-14(5)23(41)30-15(6)24(42)33-17(9-11-19(38)39)25(43)32-16(22(29)40)8-10-18(36)37/h12-17,20-21H,8-11H2,1-7H3,(H2,29,40)(H,30,41)(H,31,44)(H,32,43)(H,33,42)(H,34,45)(H,35,46)(H,36,37)(H,38,39)/t14-,15-,16-,17-,20?,21?/m0/s1. The first kappa shape index (κ1) is 42.6. The number of carbonyl (C=O) groups excluding carboxylic acids is 7. The smallest absolute Gasteiger partial charge is 0.303 e. The van der Waals surface area contributed by atoms with E-state index in [0.717, 1.165) is 11.8 Å². The molecule has 0 spiro atoms. The van der Waals surface area contributed by atoms with Gasteiger partial charge in [0.05, 0.1) is 0 Å². The first-order chi connectivity index (χ1) is 21.7. The highest BCUT2D eigenvalue weighted by atomic mass is 32.2. The number of carboxylic acids is 2. The molecule has 0 radical (unpaired) electrons. The molecule has 2 unspecified atom stereocenters. The predicted molar refractivity (Wildman–Crippen MR) is 169 cm³/mol. The maximum atomic E-state index is 13.1. The lowest BCUT2D eigenvalue weighted by Gasteiger charge is -2.28. The van der Waals surface area contributed by atoms with E-state index in [2.05, 4.69) is 31.9 Å². The molecule has 0 aromatic rings. The van der Waals surface area contributed by atoms with Crippen LogP contribution in [0.15, 0.2) is 0 Å². The molecular formula is C28H47N7O11S. The van der Waals surface area contributed by atoms with E-state index in [4.69, 9.17) is 15.9 Å². The van der Waals surface area contributed by atoms with Crippen LogP contribution in [0.1, 0.15) is 67.2 Å². The van der Waals surface area contributed by atoms with Gasteiger partial charge in [0, 0.05) is 12.8 Å². The van der Waals surface area contributed by atoms with E-state index >= 15 is 0 Å². The number of amides is 7. The fraction of sp³-hybridized carbons (Fsp3) is 0.679. The second-order valence-corrected chi connectivity index (χ2v) is 12.2. The Balaban J connectivity index is 5.50. The number of hydrogen-bond donors (Lipinski definition) is 9. The highest BCUT2D eigenvalue weighted by Gasteiger charge is 2.33. The van der Waals surface area contributed by atoms with Crippen LogP contribution in [0.4, 0.5) is 4.79 Å². The van der Waals surface area contributed by atoms with E-state index in [-0.39, 0.29) is 12.3 Å². The van der Waals surface area contributed by atoms with Crippen molar-refractivity contribution in [2.24, 2.45) is 17.6 Å². The maximum Gasteiger partial charge on any atom is 0.303 e. The zero-order chi connectivity index (χ0) is 36.6. The van der Waals surface area contributed by atoms with Gasteiger partial charge < -0.3 is 47.8 Å². The molecule has 19 heteroatoms. The fourth-order valence-electron chi connectivity index (χ4n) is 3.93. The Morgan fingerprint density at radius 3 is 1.36 bits per heavy atom. The number of rotatable bonds is 20. The quantitative estimate of drug-likeness (QED) is 0.0700. The third kappa shape index (κ3) is 16.1. The molecular weight excluding hydrogens is 642 g/mol. The Morgan fingerprint density at radius 1 is 0.553 bits per heavy atom. The minimum absolute atomic E-state index is 0.296. The molecule has 7 amide bonds. The van der Waals surface area contributed by atoms with Crippen molar-refractivity contribution in [2.45, 2.75) is 103 Å². The number of nitrogens with two attached hydrogens (primary N) is 1. The molecule has 0 bridgehead atoms. The molecule has 0 heterocycles. The van der Waals surface area contributed by atoms with Gasteiger partial charge in [-0.1, -0.05) is 39.5 Å². The minimum atomic E-state index is -1.49. The molecule has 0 aliphatic heterocycles. The van der Waals surface area contributed by atoms with Crippen LogP contribution in [0.3, 0.4) is 0 Å². The lowest BCUT2D eigenvalue weighted by atomic mass is 9.99. The molecule has 266 valence electrons. The van der Waals surface area contributed by atoms with E-state index in [9.17, 15) is 43.2 Å². The summed E-state index contributed by atoms with van der Waals surface area (Å²) < 4.78 is 0. The summed E-state index contributed by atoms with van der Waals surface area (Å²) in [7, 11) is 0. The third-order valence-corrected chi connectivity index (χ3v) is 7.23. The van der Waals surface area contributed by atoms with Crippen molar-refractivity contribution in [3.05, 3.63) is 0 Å². The van der Waals surface area contributed by atoms with Crippen molar-refractivity contribution in [1.82, 2.24) is 31.9 Å². The molecule has 10 N–H and O–H groups in total. The van der Waals surface area contributed by atoms with Crippen molar-refractivity contribution in [2.75, 3.05) is 6.26 Å². The van der Waals surface area contributed by atoms with Crippen LogP contribution < -0.4 is 37.6 Å². The number of thioether (sulfide) groups is 1. The number of hydrogen-bond acceptors (Lipinski definition) is 10. The summed E-state index contributed by atoms with van der Waals surface area (Å²) in [5, 5.41) is 32.0. The summed E-state index contributed by atoms with van der Waals surface area (Å²) in [6.07, 6.45) is -0.273. The summed E-state index contributed by atoms with van der Waals surface area (Å²) in [4.78, 5) is 110. The van der Waals surface area contributed by atoms with Gasteiger partial charge >= 0.3 is 11.9 Å². The van der Waals surface area contributed by atoms with Crippen LogP contribution in [0.5, 0.6) is 0 Å². The van der Waals surface area contributed by atoms with Crippen molar-refractivity contribution < 1.29 is 53.4 Å². The first-order valence-corrected chi connectivity index (χ1v) is 16.0. The Kier molecular flexibility index (Phi) is 18.7. The van der Waals surface area contributed by atoms with Crippen LogP contribution in [-0.4, -0.2) is 105 Å². The SMILES string of the molecule is CSC(=O)NC(C(=O)NC(C(=O)N[C@@H](C)C(=O)N[C@@H](C)C(=O)N[C@@H](CCC(=O)O)C(=O)N[C@@H](CCC(=O)O)C(N)=O)C(C)C)C(C)C. The molecule has 0 fully saturated rings. The third-order valence-electron chi connectivity index (χ3n) is 6.75. The van der Waals surface area contributed by atoms with Gasteiger partial charge in [-0.15, -0.1) is 0 Å². The zero-order valence-electron chi connectivity index (χ0n) is 27.5. The monoisotopic (exact) mass is 689 g/mol. The van der Waals surface area contributed by atoms with Gasteiger partial charge in [0.1, 0.15) is 36.3 Å². The number of primary amides is 1. The van der Waals surface area contributed by atoms with Gasteiger partial charge in [-0.25, -0.2) is 0 Å². The lowest BCUT2D eigenvalue weighted by molar-refractivity contribution is -0.139. The lowest BCUT2D eigenvalue weighted by Crippen LogP contribution is -2.59. The molecule has 0 saturated heterocycles. The largest absolute Gasteiger partial charge is 0.481 e. The van der Waals surface area contributed by atoms with E-state index in [1.54, 1.807) is 34.0 Å². The van der Waals surface area contributed by atoms with E-state index in [0.29, 0.717) is 0 Å². The molecule has 0 aliphatic carbocycles. The van der Waals surface area contributed by atoms with Gasteiger partial charge in [-0.2, -0.15) is 0 Å². The first-order valence-electron chi connectivity index (χ1n) is 14.8. The van der Waals surface area contributed by atoms with Gasteiger partial charge in [0.2, 0.25) is 35.4 Å². The van der Waals surface area contributed by atoms with Crippen LogP contribution in [0.25, 0.3) is 0 Å². The van der Waals surface area contributed by atoms with Gasteiger partial charge in [-0.3, -0.25) is 43.2 Å². The summed E-state index contributed by atoms with van der Waals surface area (Å²) in [6.45, 7) is 9.37. The van der Waals surface area contributed by atoms with Crippen molar-refractivity contribution in [3.8, 4) is 0 Å². The Bertz CT molecular complexity index is 1180. The average Bonchev–Trinajstić information content (AvgIpc) is 2.97. The van der Waals surface area contributed by atoms with E-state index in [1.165, 1.54) is 13.8 Å². The van der Waals surface area contributed by atoms with Crippen molar-refractivity contribution >= 4 is 64.4 Å². The summed E-state index contributed by atoms with van der Waals surface area (Å²) >= 11 is 0.891. The summed E-state index contributed by atoms with van der Waals surface area (Å²) in [5.41, 5.74) is 5.22. The number of nitrogens with one attached hydrogen (secondary N) is 6. The molecule has 0 aliphatic rings. The summed E-state index contributed by atoms with van der Waals surface area (Å²) in [5.74, 6) is -8.32. The second-order valence-electron chi connectivity index (χ2n) is 11.4. The summed E-state index contributed by atoms with van der Waals surface area (Å²) in [6, 6.07) is -7.41. The molecule has 18 nitrogen and oxygen atoms in total. The van der Waals surface area contributed by atoms with Crippen molar-refractivity contribution in [1.29, 1.82) is 0 Å². The van der Waals surface area contributed by atoms with Crippen molar-refractivity contribution in [3.63, 3.8) is 0 Å². The van der Waals surface area contributed by atoms with Crippen LogP contribution in [0, 0.1) is 11.8 Å². The van der Waals surface area contributed by atoms with E-state index in [1.807, 2.05) is 0 Å². The minimum Gasteiger partial charge on any atom is -0.481 e.